The summed E-state index contributed by atoms with van der Waals surface area (Å²) < 4.78 is 5.51. The van der Waals surface area contributed by atoms with Gasteiger partial charge in [0.15, 0.2) is 0 Å². The van der Waals surface area contributed by atoms with Crippen LogP contribution in [0.1, 0.15) is 32.8 Å². The van der Waals surface area contributed by atoms with Crippen LogP contribution in [0.3, 0.4) is 0 Å². The average molecular weight is 264 g/mol. The normalized spacial score (nSPS) is 12.5. The number of nitrogens with one attached hydrogen (secondary N) is 1. The Morgan fingerprint density at radius 2 is 2.05 bits per heavy atom. The number of carbonyl (C=O) groups excluding carboxylic acids is 1. The van der Waals surface area contributed by atoms with E-state index in [-0.39, 0.29) is 5.91 Å². The molecule has 1 rings (SSSR count). The molecule has 0 bridgehead atoms. The molecule has 3 N–H and O–H groups in total. The molecule has 0 radical (unpaired) electrons. The van der Waals surface area contributed by atoms with Crippen molar-refractivity contribution in [3.8, 4) is 0 Å². The number of nitrogens with two attached hydrogens (primary N) is 1. The van der Waals surface area contributed by atoms with E-state index in [4.69, 9.17) is 10.5 Å². The van der Waals surface area contributed by atoms with Crippen molar-refractivity contribution >= 4 is 17.3 Å². The summed E-state index contributed by atoms with van der Waals surface area (Å²) in [5.74, 6) is 0.450. The third-order valence-corrected chi connectivity index (χ3v) is 2.94. The topological polar surface area (TPSA) is 64.3 Å². The highest BCUT2D eigenvalue weighted by Gasteiger charge is 2.14. The summed E-state index contributed by atoms with van der Waals surface area (Å²) in [5, 5.41) is 2.86. The van der Waals surface area contributed by atoms with Gasteiger partial charge in [0.25, 0.3) is 5.91 Å². The van der Waals surface area contributed by atoms with Crippen LogP contribution in [0.4, 0.5) is 11.4 Å². The Bertz CT molecular complexity index is 430. The maximum Gasteiger partial charge on any atom is 0.253 e. The Kier molecular flexibility index (Phi) is 5.83. The van der Waals surface area contributed by atoms with Crippen LogP contribution in [0.5, 0.6) is 0 Å². The Morgan fingerprint density at radius 3 is 2.63 bits per heavy atom. The van der Waals surface area contributed by atoms with E-state index in [0.29, 0.717) is 18.2 Å². The molecule has 0 heterocycles. The number of carbonyl (C=O) groups is 1. The summed E-state index contributed by atoms with van der Waals surface area (Å²) in [5.41, 5.74) is 8.09. The molecule has 0 aliphatic rings. The van der Waals surface area contributed by atoms with Crippen molar-refractivity contribution in [2.45, 2.75) is 40.2 Å². The lowest BCUT2D eigenvalue weighted by atomic mass is 10.1. The monoisotopic (exact) mass is 264 g/mol. The fourth-order valence-electron chi connectivity index (χ4n) is 1.62. The van der Waals surface area contributed by atoms with Gasteiger partial charge < -0.3 is 15.8 Å². The number of hydrogen-bond acceptors (Lipinski definition) is 3. The SMILES string of the molecule is Cc1cc(N)ccc1NC(=O)C(C)OCCC(C)C. The second-order valence-corrected chi connectivity index (χ2v) is 5.26. The first-order valence-electron chi connectivity index (χ1n) is 6.68. The van der Waals surface area contributed by atoms with E-state index in [0.717, 1.165) is 17.7 Å². The second kappa shape index (κ2) is 7.14. The molecule has 1 aromatic carbocycles. The maximum absolute atomic E-state index is 12.0. The fraction of sp³-hybridized carbons (Fsp3) is 0.533. The van der Waals surface area contributed by atoms with Gasteiger partial charge in [0.05, 0.1) is 0 Å². The highest BCUT2D eigenvalue weighted by atomic mass is 16.5. The van der Waals surface area contributed by atoms with Crippen LogP contribution < -0.4 is 11.1 Å². The Hall–Kier alpha value is -1.55. The molecule has 0 aromatic heterocycles. The van der Waals surface area contributed by atoms with Gasteiger partial charge in [-0.25, -0.2) is 0 Å². The number of benzene rings is 1. The lowest BCUT2D eigenvalue weighted by Crippen LogP contribution is -2.28. The molecule has 4 nitrogen and oxygen atoms in total. The molecule has 1 amide bonds. The predicted octanol–water partition coefficient (Wildman–Crippen LogP) is 2.97. The molecule has 106 valence electrons. The van der Waals surface area contributed by atoms with Gasteiger partial charge in [-0.05, 0) is 49.9 Å². The van der Waals surface area contributed by atoms with Crippen molar-refractivity contribution < 1.29 is 9.53 Å². The molecule has 0 fully saturated rings. The van der Waals surface area contributed by atoms with Crippen molar-refractivity contribution in [1.82, 2.24) is 0 Å². The third kappa shape index (κ3) is 5.30. The first kappa shape index (κ1) is 15.5. The van der Waals surface area contributed by atoms with E-state index in [2.05, 4.69) is 19.2 Å². The van der Waals surface area contributed by atoms with E-state index in [1.165, 1.54) is 0 Å². The van der Waals surface area contributed by atoms with Crippen LogP contribution in [0, 0.1) is 12.8 Å². The number of hydrogen-bond donors (Lipinski definition) is 2. The average Bonchev–Trinajstić information content (AvgIpc) is 2.32. The van der Waals surface area contributed by atoms with Crippen LogP contribution in [0.2, 0.25) is 0 Å². The van der Waals surface area contributed by atoms with Crippen molar-refractivity contribution in [3.63, 3.8) is 0 Å². The van der Waals surface area contributed by atoms with Crippen molar-refractivity contribution in [3.05, 3.63) is 23.8 Å². The minimum atomic E-state index is -0.448. The van der Waals surface area contributed by atoms with Crippen LogP contribution >= 0.6 is 0 Å². The highest BCUT2D eigenvalue weighted by Crippen LogP contribution is 2.18. The lowest BCUT2D eigenvalue weighted by molar-refractivity contribution is -0.126. The zero-order valence-electron chi connectivity index (χ0n) is 12.2. The van der Waals surface area contributed by atoms with Crippen LogP contribution in [-0.4, -0.2) is 18.6 Å². The molecule has 1 atom stereocenters. The predicted molar refractivity (Wildman–Crippen MR) is 79.1 cm³/mol. The molecular formula is C15H24N2O2. The summed E-state index contributed by atoms with van der Waals surface area (Å²) in [6, 6.07) is 5.41. The zero-order chi connectivity index (χ0) is 14.4. The van der Waals surface area contributed by atoms with Crippen LogP contribution in [-0.2, 0) is 9.53 Å². The molecule has 0 saturated heterocycles. The van der Waals surface area contributed by atoms with Gasteiger partial charge in [-0.15, -0.1) is 0 Å². The number of aryl methyl sites for hydroxylation is 1. The van der Waals surface area contributed by atoms with Gasteiger partial charge in [-0.1, -0.05) is 13.8 Å². The van der Waals surface area contributed by atoms with E-state index < -0.39 is 6.10 Å². The molecule has 4 heteroatoms. The van der Waals surface area contributed by atoms with Crippen LogP contribution in [0.25, 0.3) is 0 Å². The Balaban J connectivity index is 2.49. The van der Waals surface area contributed by atoms with Gasteiger partial charge >= 0.3 is 0 Å². The summed E-state index contributed by atoms with van der Waals surface area (Å²) in [4.78, 5) is 12.0. The standard InChI is InChI=1S/C15H24N2O2/c1-10(2)7-8-19-12(4)15(18)17-14-6-5-13(16)9-11(14)3/h5-6,9-10,12H,7-8,16H2,1-4H3,(H,17,18). The lowest BCUT2D eigenvalue weighted by Gasteiger charge is -2.15. The first-order chi connectivity index (χ1) is 8.90. The minimum absolute atomic E-state index is 0.128. The summed E-state index contributed by atoms with van der Waals surface area (Å²) >= 11 is 0. The third-order valence-electron chi connectivity index (χ3n) is 2.94. The number of nitrogen functional groups attached to an aromatic ring is 1. The zero-order valence-corrected chi connectivity index (χ0v) is 12.2. The number of amides is 1. The maximum atomic E-state index is 12.0. The molecule has 1 aromatic rings. The summed E-state index contributed by atoms with van der Waals surface area (Å²) in [6.07, 6.45) is 0.508. The van der Waals surface area contributed by atoms with Gasteiger partial charge in [-0.2, -0.15) is 0 Å². The van der Waals surface area contributed by atoms with E-state index >= 15 is 0 Å². The summed E-state index contributed by atoms with van der Waals surface area (Å²) in [6.45, 7) is 8.54. The fourth-order valence-corrected chi connectivity index (χ4v) is 1.62. The van der Waals surface area contributed by atoms with Crippen molar-refractivity contribution in [1.29, 1.82) is 0 Å². The molecule has 0 spiro atoms. The van der Waals surface area contributed by atoms with Crippen LogP contribution in [0.15, 0.2) is 18.2 Å². The largest absolute Gasteiger partial charge is 0.399 e. The van der Waals surface area contributed by atoms with Gasteiger partial charge in [-0.3, -0.25) is 4.79 Å². The van der Waals surface area contributed by atoms with E-state index in [1.807, 2.05) is 19.1 Å². The molecule has 1 unspecified atom stereocenters. The second-order valence-electron chi connectivity index (χ2n) is 5.26. The molecule has 0 saturated carbocycles. The minimum Gasteiger partial charge on any atom is -0.399 e. The first-order valence-corrected chi connectivity index (χ1v) is 6.68. The van der Waals surface area contributed by atoms with Gasteiger partial charge in [0.2, 0.25) is 0 Å². The molecule has 19 heavy (non-hydrogen) atoms. The molecule has 0 aliphatic carbocycles. The van der Waals surface area contributed by atoms with Crippen molar-refractivity contribution in [2.75, 3.05) is 17.7 Å². The van der Waals surface area contributed by atoms with E-state index in [1.54, 1.807) is 13.0 Å². The number of ether oxygens (including phenoxy) is 1. The number of rotatable bonds is 6. The Morgan fingerprint density at radius 1 is 1.37 bits per heavy atom. The molecule has 0 aliphatic heterocycles. The van der Waals surface area contributed by atoms with Crippen molar-refractivity contribution in [2.24, 2.45) is 5.92 Å². The highest BCUT2D eigenvalue weighted by molar-refractivity contribution is 5.94. The Labute approximate surface area is 115 Å². The summed E-state index contributed by atoms with van der Waals surface area (Å²) in [7, 11) is 0. The van der Waals surface area contributed by atoms with Gasteiger partial charge in [0, 0.05) is 18.0 Å². The smallest absolute Gasteiger partial charge is 0.253 e. The quantitative estimate of drug-likeness (QED) is 0.776. The number of anilines is 2. The van der Waals surface area contributed by atoms with E-state index in [9.17, 15) is 4.79 Å². The van der Waals surface area contributed by atoms with Gasteiger partial charge in [0.1, 0.15) is 6.10 Å². The molecular weight excluding hydrogens is 240 g/mol.